The lowest BCUT2D eigenvalue weighted by molar-refractivity contribution is -0.135. The summed E-state index contributed by atoms with van der Waals surface area (Å²) in [6, 6.07) is 14.7. The van der Waals surface area contributed by atoms with Crippen LogP contribution in [-0.4, -0.2) is 25.5 Å². The number of methoxy groups -OCH3 is 1. The first-order valence-corrected chi connectivity index (χ1v) is 9.93. The highest BCUT2D eigenvalue weighted by molar-refractivity contribution is 7.14. The number of hydrogen-bond donors (Lipinski definition) is 0. The zero-order valence-electron chi connectivity index (χ0n) is 14.9. The van der Waals surface area contributed by atoms with Gasteiger partial charge in [0.25, 0.3) is 0 Å². The van der Waals surface area contributed by atoms with Crippen LogP contribution < -0.4 is 4.74 Å². The van der Waals surface area contributed by atoms with Crippen molar-refractivity contribution in [1.29, 1.82) is 0 Å². The number of hydrogen-bond acceptors (Lipinski definition) is 6. The topological polar surface area (TPSA) is 52.6 Å². The van der Waals surface area contributed by atoms with Crippen molar-refractivity contribution in [3.63, 3.8) is 0 Å². The molecule has 1 aromatic carbocycles. The van der Waals surface area contributed by atoms with Gasteiger partial charge in [0.05, 0.1) is 17.6 Å². The van der Waals surface area contributed by atoms with Gasteiger partial charge in [0.1, 0.15) is 5.75 Å². The minimum Gasteiger partial charge on any atom is -0.497 e. The number of benzene rings is 1. The summed E-state index contributed by atoms with van der Waals surface area (Å²) in [5.74, 6) is 0.0237. The van der Waals surface area contributed by atoms with Gasteiger partial charge in [-0.1, -0.05) is 18.2 Å². The van der Waals surface area contributed by atoms with Gasteiger partial charge in [-0.2, -0.15) is 0 Å². The van der Waals surface area contributed by atoms with E-state index >= 15 is 0 Å². The van der Waals surface area contributed by atoms with Gasteiger partial charge in [-0.05, 0) is 54.3 Å². The van der Waals surface area contributed by atoms with Crippen LogP contribution in [0.2, 0.25) is 0 Å². The Balaban J connectivity index is 1.77. The van der Waals surface area contributed by atoms with Gasteiger partial charge < -0.3 is 9.47 Å². The molecule has 0 bridgehead atoms. The van der Waals surface area contributed by atoms with E-state index in [2.05, 4.69) is 0 Å². The molecule has 0 spiro atoms. The molecule has 27 heavy (non-hydrogen) atoms. The summed E-state index contributed by atoms with van der Waals surface area (Å²) in [6.45, 7) is 1.66. The molecule has 138 valence electrons. The van der Waals surface area contributed by atoms with E-state index < -0.39 is 5.97 Å². The van der Waals surface area contributed by atoms with Gasteiger partial charge in [-0.3, -0.25) is 4.79 Å². The van der Waals surface area contributed by atoms with Gasteiger partial charge in [0, 0.05) is 9.75 Å². The van der Waals surface area contributed by atoms with Crippen molar-refractivity contribution >= 4 is 46.1 Å². The van der Waals surface area contributed by atoms with Crippen molar-refractivity contribution in [2.75, 3.05) is 13.7 Å². The van der Waals surface area contributed by atoms with E-state index in [-0.39, 0.29) is 12.4 Å². The Labute approximate surface area is 165 Å². The molecular formula is C21H18O4S2. The maximum absolute atomic E-state index is 12.7. The number of carbonyl (C=O) groups excluding carboxylic acids is 2. The number of esters is 1. The monoisotopic (exact) mass is 398 g/mol. The molecule has 6 heteroatoms. The summed E-state index contributed by atoms with van der Waals surface area (Å²) in [4.78, 5) is 27.3. The molecule has 0 saturated carbocycles. The Bertz CT molecular complexity index is 951. The van der Waals surface area contributed by atoms with Crippen LogP contribution in [0.15, 0.2) is 53.9 Å². The van der Waals surface area contributed by atoms with Crippen LogP contribution in [0.1, 0.15) is 25.0 Å². The molecule has 0 aliphatic rings. The number of rotatable bonds is 7. The fraction of sp³-hybridized carbons (Fsp3) is 0.143. The molecule has 3 aromatic rings. The summed E-state index contributed by atoms with van der Waals surface area (Å²) in [6.07, 6.45) is 1.76. The highest BCUT2D eigenvalue weighted by Crippen LogP contribution is 2.25. The summed E-state index contributed by atoms with van der Waals surface area (Å²) >= 11 is 2.84. The first-order valence-electron chi connectivity index (χ1n) is 8.23. The van der Waals surface area contributed by atoms with Crippen molar-refractivity contribution in [3.8, 4) is 5.75 Å². The predicted octanol–water partition coefficient (Wildman–Crippen LogP) is 5.09. The average Bonchev–Trinajstić information content (AvgIpc) is 3.36. The molecule has 0 unspecified atom stereocenters. The Morgan fingerprint density at radius 1 is 1.04 bits per heavy atom. The van der Waals surface area contributed by atoms with Crippen molar-refractivity contribution in [3.05, 3.63) is 74.1 Å². The summed E-state index contributed by atoms with van der Waals surface area (Å²) < 4.78 is 10.5. The molecule has 0 N–H and O–H groups in total. The second kappa shape index (κ2) is 8.79. The Morgan fingerprint density at radius 2 is 1.81 bits per heavy atom. The van der Waals surface area contributed by atoms with Crippen LogP contribution in [0.3, 0.4) is 0 Å². The van der Waals surface area contributed by atoms with E-state index in [0.29, 0.717) is 10.5 Å². The second-order valence-electron chi connectivity index (χ2n) is 5.72. The zero-order chi connectivity index (χ0) is 19.2. The molecule has 0 aliphatic heterocycles. The first kappa shape index (κ1) is 19.1. The van der Waals surface area contributed by atoms with E-state index in [1.54, 1.807) is 19.3 Å². The summed E-state index contributed by atoms with van der Waals surface area (Å²) in [5.41, 5.74) is 1.27. The largest absolute Gasteiger partial charge is 0.497 e. The molecule has 0 atom stereocenters. The lowest BCUT2D eigenvalue weighted by Gasteiger charge is -2.07. The van der Waals surface area contributed by atoms with Crippen LogP contribution in [0.25, 0.3) is 11.6 Å². The SMILES string of the molecule is COc1ccc(/C=C(/C(=O)OCC(=O)c2ccc(C)s2)c2cccs2)cc1. The summed E-state index contributed by atoms with van der Waals surface area (Å²) in [5, 5.41) is 1.89. The lowest BCUT2D eigenvalue weighted by atomic mass is 10.1. The number of Topliss-reactive ketones (excluding diaryl/α,β-unsaturated/α-hetero) is 1. The Hall–Kier alpha value is -2.70. The van der Waals surface area contributed by atoms with E-state index in [0.717, 1.165) is 21.1 Å². The van der Waals surface area contributed by atoms with Gasteiger partial charge in [-0.25, -0.2) is 4.79 Å². The van der Waals surface area contributed by atoms with Crippen LogP contribution >= 0.6 is 22.7 Å². The predicted molar refractivity (Wildman–Crippen MR) is 110 cm³/mol. The highest BCUT2D eigenvalue weighted by Gasteiger charge is 2.18. The maximum Gasteiger partial charge on any atom is 0.340 e. The maximum atomic E-state index is 12.7. The number of thiophene rings is 2. The lowest BCUT2D eigenvalue weighted by Crippen LogP contribution is -2.14. The first-order chi connectivity index (χ1) is 13.1. The highest BCUT2D eigenvalue weighted by atomic mass is 32.1. The van der Waals surface area contributed by atoms with Crippen LogP contribution in [-0.2, 0) is 9.53 Å². The minimum atomic E-state index is -0.519. The number of carbonyl (C=O) groups is 2. The van der Waals surface area contributed by atoms with Crippen molar-refractivity contribution in [1.82, 2.24) is 0 Å². The Morgan fingerprint density at radius 3 is 2.41 bits per heavy atom. The molecule has 0 saturated heterocycles. The zero-order valence-corrected chi connectivity index (χ0v) is 16.6. The number of ketones is 1. The van der Waals surface area contributed by atoms with E-state index in [9.17, 15) is 9.59 Å². The fourth-order valence-corrected chi connectivity index (χ4v) is 3.92. The van der Waals surface area contributed by atoms with E-state index in [1.165, 1.54) is 22.7 Å². The molecule has 0 fully saturated rings. The standard InChI is InChI=1S/C21H18O4S2/c1-14-5-10-20(27-14)18(22)13-25-21(23)17(19-4-3-11-26-19)12-15-6-8-16(24-2)9-7-15/h3-12H,13H2,1-2H3/b17-12+. The van der Waals surface area contributed by atoms with Crippen molar-refractivity contribution in [2.45, 2.75) is 6.92 Å². The normalized spacial score (nSPS) is 11.3. The molecule has 2 aromatic heterocycles. The van der Waals surface area contributed by atoms with Crippen LogP contribution in [0, 0.1) is 6.92 Å². The van der Waals surface area contributed by atoms with Gasteiger partial charge in [0.15, 0.2) is 6.61 Å². The number of ether oxygens (including phenoxy) is 2. The van der Waals surface area contributed by atoms with Crippen LogP contribution in [0.4, 0.5) is 0 Å². The molecule has 0 aliphatic carbocycles. The summed E-state index contributed by atoms with van der Waals surface area (Å²) in [7, 11) is 1.60. The van der Waals surface area contributed by atoms with E-state index in [1.807, 2.05) is 54.8 Å². The molecule has 4 nitrogen and oxygen atoms in total. The third-order valence-electron chi connectivity index (χ3n) is 3.78. The fourth-order valence-electron chi connectivity index (χ4n) is 2.39. The third-order valence-corrected chi connectivity index (χ3v) is 5.73. The van der Waals surface area contributed by atoms with Crippen molar-refractivity contribution in [2.24, 2.45) is 0 Å². The molecule has 2 heterocycles. The van der Waals surface area contributed by atoms with Gasteiger partial charge in [0.2, 0.25) is 5.78 Å². The molecule has 3 rings (SSSR count). The van der Waals surface area contributed by atoms with Gasteiger partial charge in [-0.15, -0.1) is 22.7 Å². The van der Waals surface area contributed by atoms with Gasteiger partial charge >= 0.3 is 5.97 Å². The molecule has 0 amide bonds. The number of aryl methyl sites for hydroxylation is 1. The quantitative estimate of drug-likeness (QED) is 0.316. The minimum absolute atomic E-state index is 0.198. The van der Waals surface area contributed by atoms with Crippen LogP contribution in [0.5, 0.6) is 5.75 Å². The smallest absolute Gasteiger partial charge is 0.340 e. The molecular weight excluding hydrogens is 380 g/mol. The Kier molecular flexibility index (Phi) is 6.21. The second-order valence-corrected chi connectivity index (χ2v) is 7.95. The average molecular weight is 399 g/mol. The third kappa shape index (κ3) is 4.93. The van der Waals surface area contributed by atoms with Crippen molar-refractivity contribution < 1.29 is 19.1 Å². The van der Waals surface area contributed by atoms with E-state index in [4.69, 9.17) is 9.47 Å². The molecule has 0 radical (unpaired) electrons.